The lowest BCUT2D eigenvalue weighted by atomic mass is 9.91. The zero-order valence-electron chi connectivity index (χ0n) is 17.7. The number of ether oxygens (including phenoxy) is 1. The Morgan fingerprint density at radius 3 is 2.48 bits per heavy atom. The normalized spacial score (nSPS) is 18.8. The van der Waals surface area contributed by atoms with Crippen LogP contribution in [-0.4, -0.2) is 38.7 Å². The van der Waals surface area contributed by atoms with Gasteiger partial charge in [0, 0.05) is 18.2 Å². The molecule has 1 saturated carbocycles. The number of alkyl carbamates (subject to hydrolysis) is 1. The van der Waals surface area contributed by atoms with Crippen LogP contribution in [0, 0.1) is 15.9 Å². The van der Waals surface area contributed by atoms with Gasteiger partial charge in [0.1, 0.15) is 23.6 Å². The van der Waals surface area contributed by atoms with Crippen LogP contribution in [0.25, 0.3) is 11.3 Å². The molecule has 0 spiro atoms. The number of aromatic nitrogens is 2. The Morgan fingerprint density at radius 2 is 1.84 bits per heavy atom. The number of anilines is 1. The summed E-state index contributed by atoms with van der Waals surface area (Å²) in [5, 5.41) is 17.5. The molecule has 1 amide bonds. The van der Waals surface area contributed by atoms with E-state index in [1.54, 1.807) is 6.07 Å². The second-order valence-corrected chi connectivity index (χ2v) is 8.55. The van der Waals surface area contributed by atoms with Crippen molar-refractivity contribution < 1.29 is 18.8 Å². The zero-order valence-corrected chi connectivity index (χ0v) is 17.7. The summed E-state index contributed by atoms with van der Waals surface area (Å²) in [6.45, 7) is 5.47. The lowest BCUT2D eigenvalue weighted by Gasteiger charge is -2.30. The first-order valence-corrected chi connectivity index (χ1v) is 10.1. The largest absolute Gasteiger partial charge is 0.444 e. The second kappa shape index (κ2) is 9.23. The quantitative estimate of drug-likeness (QED) is 0.530. The molecule has 2 N–H and O–H groups in total. The Hall–Kier alpha value is -3.30. The summed E-state index contributed by atoms with van der Waals surface area (Å²) in [6.07, 6.45) is 4.12. The summed E-state index contributed by atoms with van der Waals surface area (Å²) < 4.78 is 18.7. The van der Waals surface area contributed by atoms with E-state index < -0.39 is 22.4 Å². The fourth-order valence-electron chi connectivity index (χ4n) is 3.52. The topological polar surface area (TPSA) is 119 Å². The maximum atomic E-state index is 13.4. The van der Waals surface area contributed by atoms with Crippen LogP contribution < -0.4 is 10.6 Å². The molecule has 0 saturated heterocycles. The SMILES string of the molecule is CC(C)(C)OC(=O)NC1CCC(Nc2cc(-c3ccc(F)cc3[N+](=O)[O-])ncn2)CC1. The monoisotopic (exact) mass is 431 g/mol. The summed E-state index contributed by atoms with van der Waals surface area (Å²) in [4.78, 5) is 30.9. The maximum Gasteiger partial charge on any atom is 0.407 e. The molecule has 166 valence electrons. The van der Waals surface area contributed by atoms with E-state index in [9.17, 15) is 19.3 Å². The van der Waals surface area contributed by atoms with Crippen molar-refractivity contribution in [1.82, 2.24) is 15.3 Å². The molecule has 0 unspecified atom stereocenters. The van der Waals surface area contributed by atoms with Crippen LogP contribution in [0.15, 0.2) is 30.6 Å². The third-order valence-electron chi connectivity index (χ3n) is 4.90. The van der Waals surface area contributed by atoms with Gasteiger partial charge in [0.25, 0.3) is 5.69 Å². The average Bonchev–Trinajstić information content (AvgIpc) is 2.68. The van der Waals surface area contributed by atoms with Crippen molar-refractivity contribution in [2.45, 2.75) is 64.1 Å². The van der Waals surface area contributed by atoms with E-state index in [1.807, 2.05) is 20.8 Å². The van der Waals surface area contributed by atoms with Gasteiger partial charge in [-0.1, -0.05) is 0 Å². The predicted molar refractivity (Wildman–Crippen MR) is 113 cm³/mol. The summed E-state index contributed by atoms with van der Waals surface area (Å²) in [7, 11) is 0. The van der Waals surface area contributed by atoms with E-state index in [4.69, 9.17) is 4.74 Å². The second-order valence-electron chi connectivity index (χ2n) is 8.55. The smallest absolute Gasteiger partial charge is 0.407 e. The van der Waals surface area contributed by atoms with Gasteiger partial charge < -0.3 is 15.4 Å². The number of nitrogens with one attached hydrogen (secondary N) is 2. The van der Waals surface area contributed by atoms with Crippen molar-refractivity contribution in [3.05, 3.63) is 46.5 Å². The number of rotatable bonds is 5. The Morgan fingerprint density at radius 1 is 1.16 bits per heavy atom. The van der Waals surface area contributed by atoms with Crippen molar-refractivity contribution in [2.75, 3.05) is 5.32 Å². The highest BCUT2D eigenvalue weighted by Gasteiger charge is 2.25. The molecule has 2 aromatic rings. The van der Waals surface area contributed by atoms with Crippen LogP contribution in [0.1, 0.15) is 46.5 Å². The number of benzene rings is 1. The number of halogens is 1. The zero-order chi connectivity index (χ0) is 22.6. The Balaban J connectivity index is 1.61. The van der Waals surface area contributed by atoms with E-state index >= 15 is 0 Å². The number of carbonyl (C=O) groups is 1. The average molecular weight is 431 g/mol. The minimum absolute atomic E-state index is 0.0516. The maximum absolute atomic E-state index is 13.4. The molecule has 3 rings (SSSR count). The van der Waals surface area contributed by atoms with Crippen molar-refractivity contribution in [1.29, 1.82) is 0 Å². The van der Waals surface area contributed by atoms with Gasteiger partial charge in [-0.3, -0.25) is 10.1 Å². The first-order valence-electron chi connectivity index (χ1n) is 10.1. The van der Waals surface area contributed by atoms with Crippen LogP contribution in [0.5, 0.6) is 0 Å². The molecular weight excluding hydrogens is 405 g/mol. The minimum Gasteiger partial charge on any atom is -0.444 e. The molecule has 0 atom stereocenters. The van der Waals surface area contributed by atoms with Crippen molar-refractivity contribution in [2.24, 2.45) is 0 Å². The van der Waals surface area contributed by atoms with Crippen LogP contribution >= 0.6 is 0 Å². The number of hydrogen-bond donors (Lipinski definition) is 2. The molecule has 0 bridgehead atoms. The molecule has 1 aromatic carbocycles. The lowest BCUT2D eigenvalue weighted by Crippen LogP contribution is -2.42. The predicted octanol–water partition coefficient (Wildman–Crippen LogP) is 4.44. The first-order chi connectivity index (χ1) is 14.6. The molecule has 0 aliphatic heterocycles. The van der Waals surface area contributed by atoms with Gasteiger partial charge in [-0.15, -0.1) is 0 Å². The summed E-state index contributed by atoms with van der Waals surface area (Å²) >= 11 is 0. The molecule has 1 aliphatic carbocycles. The molecule has 31 heavy (non-hydrogen) atoms. The Bertz CT molecular complexity index is 955. The Kier molecular flexibility index (Phi) is 6.67. The van der Waals surface area contributed by atoms with Gasteiger partial charge in [0.05, 0.1) is 22.2 Å². The summed E-state index contributed by atoms with van der Waals surface area (Å²) in [6, 6.07) is 5.19. The molecule has 1 heterocycles. The van der Waals surface area contributed by atoms with Gasteiger partial charge in [-0.25, -0.2) is 19.2 Å². The van der Waals surface area contributed by atoms with Crippen molar-refractivity contribution in [3.63, 3.8) is 0 Å². The highest BCUT2D eigenvalue weighted by Crippen LogP contribution is 2.30. The van der Waals surface area contributed by atoms with E-state index in [1.165, 1.54) is 12.4 Å². The molecule has 1 fully saturated rings. The molecular formula is C21H26FN5O4. The molecule has 1 aliphatic rings. The van der Waals surface area contributed by atoms with Gasteiger partial charge >= 0.3 is 6.09 Å². The molecule has 9 nitrogen and oxygen atoms in total. The van der Waals surface area contributed by atoms with Gasteiger partial charge in [-0.2, -0.15) is 0 Å². The van der Waals surface area contributed by atoms with Crippen LogP contribution in [0.3, 0.4) is 0 Å². The molecule has 1 aromatic heterocycles. The highest BCUT2D eigenvalue weighted by atomic mass is 19.1. The summed E-state index contributed by atoms with van der Waals surface area (Å²) in [5.41, 5.74) is -0.322. The van der Waals surface area contributed by atoms with E-state index in [0.29, 0.717) is 11.5 Å². The van der Waals surface area contributed by atoms with Crippen LogP contribution in [0.4, 0.5) is 20.7 Å². The van der Waals surface area contributed by atoms with Crippen molar-refractivity contribution in [3.8, 4) is 11.3 Å². The molecule has 10 heteroatoms. The number of nitro groups is 1. The third-order valence-corrected chi connectivity index (χ3v) is 4.90. The van der Waals surface area contributed by atoms with Crippen LogP contribution in [0.2, 0.25) is 0 Å². The summed E-state index contributed by atoms with van der Waals surface area (Å²) in [5.74, 6) is -0.147. The van der Waals surface area contributed by atoms with Crippen molar-refractivity contribution >= 4 is 17.6 Å². The fourth-order valence-corrected chi connectivity index (χ4v) is 3.52. The van der Waals surface area contributed by atoms with Gasteiger partial charge in [0.2, 0.25) is 0 Å². The number of hydrogen-bond acceptors (Lipinski definition) is 7. The number of carbonyl (C=O) groups excluding carboxylic acids is 1. The lowest BCUT2D eigenvalue weighted by molar-refractivity contribution is -0.384. The van der Waals surface area contributed by atoms with Gasteiger partial charge in [-0.05, 0) is 58.6 Å². The highest BCUT2D eigenvalue weighted by molar-refractivity contribution is 5.72. The van der Waals surface area contributed by atoms with Gasteiger partial charge in [0.15, 0.2) is 0 Å². The first kappa shape index (κ1) is 22.4. The number of nitro benzene ring substituents is 1. The molecule has 0 radical (unpaired) electrons. The number of nitrogens with zero attached hydrogens (tertiary/aromatic N) is 3. The fraction of sp³-hybridized carbons (Fsp3) is 0.476. The van der Waals surface area contributed by atoms with E-state index in [0.717, 1.165) is 37.8 Å². The Labute approximate surface area is 179 Å². The third kappa shape index (κ3) is 6.34. The van der Waals surface area contributed by atoms with Crippen LogP contribution in [-0.2, 0) is 4.74 Å². The van der Waals surface area contributed by atoms with E-state index in [-0.39, 0.29) is 23.3 Å². The minimum atomic E-state index is -0.681. The number of amides is 1. The van der Waals surface area contributed by atoms with E-state index in [2.05, 4.69) is 20.6 Å². The standard InChI is InChI=1S/C21H26FN5O4/c1-21(2,3)31-20(28)26-15-7-5-14(6-8-15)25-19-11-17(23-12-24-19)16-9-4-13(22)10-18(16)27(29)30/h4,9-12,14-15H,5-8H2,1-3H3,(H,26,28)(H,23,24,25).